The van der Waals surface area contributed by atoms with Crippen LogP contribution in [-0.2, 0) is 0 Å². The molecule has 0 aliphatic carbocycles. The quantitative estimate of drug-likeness (QED) is 0.514. The van der Waals surface area contributed by atoms with E-state index in [1.807, 2.05) is 24.3 Å². The van der Waals surface area contributed by atoms with Crippen molar-refractivity contribution in [2.45, 2.75) is 0 Å². The van der Waals surface area contributed by atoms with Crippen molar-refractivity contribution < 1.29 is 9.84 Å². The minimum absolute atomic E-state index is 0.147. The molecule has 1 aliphatic heterocycles. The van der Waals surface area contributed by atoms with E-state index in [1.54, 1.807) is 36.2 Å². The molecule has 1 fully saturated rings. The van der Waals surface area contributed by atoms with Gasteiger partial charge in [-0.3, -0.25) is 0 Å². The second-order valence-electron chi connectivity index (χ2n) is 8.02. The molecule has 5 rings (SSSR count). The number of nitrogens with zero attached hydrogens (tertiary/aromatic N) is 5. The number of aromatic nitrogens is 3. The molecule has 0 amide bonds. The molecule has 1 saturated heterocycles. The smallest absolute Gasteiger partial charge is 0.165 e. The predicted octanol–water partition coefficient (Wildman–Crippen LogP) is 3.11. The zero-order valence-electron chi connectivity index (χ0n) is 18.2. The molecule has 8 nitrogen and oxygen atoms in total. The van der Waals surface area contributed by atoms with Gasteiger partial charge in [0.05, 0.1) is 24.6 Å². The molecular weight excluding hydrogens is 404 g/mol. The first kappa shape index (κ1) is 20.1. The maximum atomic E-state index is 10.2. The molecule has 4 aromatic rings. The van der Waals surface area contributed by atoms with Crippen LogP contribution in [0.1, 0.15) is 0 Å². The van der Waals surface area contributed by atoms with E-state index in [0.29, 0.717) is 22.6 Å². The summed E-state index contributed by atoms with van der Waals surface area (Å²) in [6.07, 6.45) is 3.45. The van der Waals surface area contributed by atoms with Gasteiger partial charge < -0.3 is 25.4 Å². The molecule has 3 N–H and O–H groups in total. The summed E-state index contributed by atoms with van der Waals surface area (Å²) >= 11 is 0. The van der Waals surface area contributed by atoms with Crippen LogP contribution < -0.4 is 15.4 Å². The number of ether oxygens (including phenoxy) is 1. The van der Waals surface area contributed by atoms with Gasteiger partial charge in [-0.25, -0.2) is 4.98 Å². The van der Waals surface area contributed by atoms with E-state index in [0.717, 1.165) is 48.7 Å². The summed E-state index contributed by atoms with van der Waals surface area (Å²) in [4.78, 5) is 9.34. The number of hydrogen-bond acceptors (Lipinski definition) is 7. The third kappa shape index (κ3) is 3.29. The van der Waals surface area contributed by atoms with Crippen molar-refractivity contribution in [3.05, 3.63) is 54.9 Å². The SMILES string of the molecule is COc1c(-c2cnn3c(N)c(-c4ccccc4O)cnc23)cccc1N1CCN(C)CC1. The minimum atomic E-state index is 0.147. The molecule has 164 valence electrons. The zero-order chi connectivity index (χ0) is 22.2. The van der Waals surface area contributed by atoms with Gasteiger partial charge in [0.15, 0.2) is 5.65 Å². The molecule has 3 heterocycles. The fraction of sp³-hybridized carbons (Fsp3) is 0.250. The second kappa shape index (κ2) is 8.05. The molecule has 0 saturated carbocycles. The number of nitrogens with two attached hydrogens (primary N) is 1. The van der Waals surface area contributed by atoms with Crippen LogP contribution in [0.4, 0.5) is 11.5 Å². The van der Waals surface area contributed by atoms with Crippen LogP contribution in [0.25, 0.3) is 27.9 Å². The van der Waals surface area contributed by atoms with Crippen molar-refractivity contribution in [1.82, 2.24) is 19.5 Å². The van der Waals surface area contributed by atoms with Crippen LogP contribution in [0, 0.1) is 0 Å². The number of phenolic OH excluding ortho intramolecular Hbond substituents is 1. The molecule has 0 unspecified atom stereocenters. The third-order valence-electron chi connectivity index (χ3n) is 6.09. The lowest BCUT2D eigenvalue weighted by molar-refractivity contribution is 0.311. The van der Waals surface area contributed by atoms with Gasteiger partial charge in [-0.05, 0) is 19.2 Å². The number of aromatic hydroxyl groups is 1. The molecule has 2 aromatic heterocycles. The summed E-state index contributed by atoms with van der Waals surface area (Å²) in [5, 5.41) is 14.8. The molecule has 1 aliphatic rings. The van der Waals surface area contributed by atoms with Crippen LogP contribution >= 0.6 is 0 Å². The Labute approximate surface area is 186 Å². The number of anilines is 2. The van der Waals surface area contributed by atoms with E-state index >= 15 is 0 Å². The fourth-order valence-corrected chi connectivity index (χ4v) is 4.30. The number of likely N-dealkylation sites (N-methyl/N-ethyl adjacent to an activating group) is 1. The average Bonchev–Trinajstić information content (AvgIpc) is 3.25. The lowest BCUT2D eigenvalue weighted by atomic mass is 10.0. The fourth-order valence-electron chi connectivity index (χ4n) is 4.30. The van der Waals surface area contributed by atoms with Gasteiger partial charge in [0.2, 0.25) is 0 Å². The van der Waals surface area contributed by atoms with Crippen molar-refractivity contribution >= 4 is 17.2 Å². The summed E-state index contributed by atoms with van der Waals surface area (Å²) < 4.78 is 7.49. The maximum Gasteiger partial charge on any atom is 0.165 e. The minimum Gasteiger partial charge on any atom is -0.507 e. The molecule has 0 atom stereocenters. The second-order valence-corrected chi connectivity index (χ2v) is 8.02. The van der Waals surface area contributed by atoms with Crippen LogP contribution in [0.5, 0.6) is 11.5 Å². The molecule has 0 spiro atoms. The number of phenols is 1. The molecule has 0 radical (unpaired) electrons. The highest BCUT2D eigenvalue weighted by Crippen LogP contribution is 2.41. The topological polar surface area (TPSA) is 92.1 Å². The van der Waals surface area contributed by atoms with Gasteiger partial charge in [-0.15, -0.1) is 0 Å². The van der Waals surface area contributed by atoms with Crippen molar-refractivity contribution in [2.24, 2.45) is 0 Å². The molecule has 8 heteroatoms. The Kier molecular flexibility index (Phi) is 5.07. The van der Waals surface area contributed by atoms with Crippen LogP contribution in [0.15, 0.2) is 54.9 Å². The Morgan fingerprint density at radius 2 is 1.66 bits per heavy atom. The maximum absolute atomic E-state index is 10.2. The van der Waals surface area contributed by atoms with Gasteiger partial charge in [-0.2, -0.15) is 9.61 Å². The average molecular weight is 431 g/mol. The van der Waals surface area contributed by atoms with Crippen molar-refractivity contribution in [1.29, 1.82) is 0 Å². The summed E-state index contributed by atoms with van der Waals surface area (Å²) in [6, 6.07) is 13.2. The van der Waals surface area contributed by atoms with Gasteiger partial charge in [0.1, 0.15) is 17.3 Å². The third-order valence-corrected chi connectivity index (χ3v) is 6.09. The highest BCUT2D eigenvalue weighted by Gasteiger charge is 2.22. The van der Waals surface area contributed by atoms with Crippen LogP contribution in [-0.4, -0.2) is 64.9 Å². The van der Waals surface area contributed by atoms with Crippen molar-refractivity contribution in [2.75, 3.05) is 51.0 Å². The summed E-state index contributed by atoms with van der Waals surface area (Å²) in [5.41, 5.74) is 11.2. The lowest BCUT2D eigenvalue weighted by Gasteiger charge is -2.35. The summed E-state index contributed by atoms with van der Waals surface area (Å²) in [5.74, 6) is 1.36. The molecular formula is C24H26N6O2. The number of benzene rings is 2. The Hall–Kier alpha value is -3.78. The number of methoxy groups -OCH3 is 1. The summed E-state index contributed by atoms with van der Waals surface area (Å²) in [7, 11) is 3.84. The molecule has 0 bridgehead atoms. The molecule has 32 heavy (non-hydrogen) atoms. The monoisotopic (exact) mass is 430 g/mol. The van der Waals surface area contributed by atoms with Gasteiger partial charge >= 0.3 is 0 Å². The Morgan fingerprint density at radius 1 is 0.906 bits per heavy atom. The normalized spacial score (nSPS) is 14.8. The number of fused-ring (bicyclic) bond motifs is 1. The number of nitrogen functional groups attached to an aromatic ring is 1. The summed E-state index contributed by atoms with van der Waals surface area (Å²) in [6.45, 7) is 3.91. The zero-order valence-corrected chi connectivity index (χ0v) is 18.2. The number of para-hydroxylation sites is 2. The van der Waals surface area contributed by atoms with E-state index in [-0.39, 0.29) is 5.75 Å². The van der Waals surface area contributed by atoms with E-state index in [2.05, 4.69) is 33.0 Å². The Morgan fingerprint density at radius 3 is 2.41 bits per heavy atom. The van der Waals surface area contributed by atoms with Crippen molar-refractivity contribution in [3.63, 3.8) is 0 Å². The first-order valence-corrected chi connectivity index (χ1v) is 10.6. The van der Waals surface area contributed by atoms with Gasteiger partial charge in [-0.1, -0.05) is 30.3 Å². The van der Waals surface area contributed by atoms with Crippen molar-refractivity contribution in [3.8, 4) is 33.8 Å². The largest absolute Gasteiger partial charge is 0.507 e. The predicted molar refractivity (Wildman–Crippen MR) is 126 cm³/mol. The highest BCUT2D eigenvalue weighted by molar-refractivity contribution is 5.88. The number of hydrogen-bond donors (Lipinski definition) is 2. The Balaban J connectivity index is 1.61. The molecule has 2 aromatic carbocycles. The van der Waals surface area contributed by atoms with Crippen LogP contribution in [0.2, 0.25) is 0 Å². The van der Waals surface area contributed by atoms with E-state index in [4.69, 9.17) is 10.5 Å². The standard InChI is InChI=1S/C24H26N6O2/c1-28-10-12-29(13-11-28)20-8-5-7-17(22(20)32-2)19-15-27-30-23(25)18(14-26-24(19)30)16-6-3-4-9-21(16)31/h3-9,14-15,31H,10-13,25H2,1-2H3. The van der Waals surface area contributed by atoms with Gasteiger partial charge in [0.25, 0.3) is 0 Å². The number of rotatable bonds is 4. The van der Waals surface area contributed by atoms with E-state index in [1.165, 1.54) is 0 Å². The first-order valence-electron chi connectivity index (χ1n) is 10.6. The Bertz CT molecular complexity index is 1280. The van der Waals surface area contributed by atoms with E-state index < -0.39 is 0 Å². The van der Waals surface area contributed by atoms with Crippen LogP contribution in [0.3, 0.4) is 0 Å². The lowest BCUT2D eigenvalue weighted by Crippen LogP contribution is -2.44. The van der Waals surface area contributed by atoms with Gasteiger partial charge in [0, 0.05) is 49.1 Å². The van der Waals surface area contributed by atoms with E-state index in [9.17, 15) is 5.11 Å². The number of piperazine rings is 1. The highest BCUT2D eigenvalue weighted by atomic mass is 16.5. The first-order chi connectivity index (χ1) is 15.6.